The van der Waals surface area contributed by atoms with Crippen LogP contribution < -0.4 is 15.4 Å². The summed E-state index contributed by atoms with van der Waals surface area (Å²) >= 11 is 6.51. The Morgan fingerprint density at radius 3 is 2.48 bits per heavy atom. The van der Waals surface area contributed by atoms with E-state index in [1.54, 1.807) is 6.07 Å². The zero-order valence-corrected chi connectivity index (χ0v) is 14.9. The molecule has 0 bridgehead atoms. The predicted octanol–water partition coefficient (Wildman–Crippen LogP) is 5.57. The highest BCUT2D eigenvalue weighted by Gasteiger charge is 2.30. The average Bonchev–Trinajstić information content (AvgIpc) is 2.95. The molecule has 0 aliphatic heterocycles. The Bertz CT molecular complexity index is 1080. The second kappa shape index (κ2) is 7.65. The summed E-state index contributed by atoms with van der Waals surface area (Å²) in [5.41, 5.74) is 1.99. The van der Waals surface area contributed by atoms with Crippen LogP contribution >= 0.6 is 23.6 Å². The second-order valence-corrected chi connectivity index (χ2v) is 6.82. The number of fused-ring (bicyclic) bond motifs is 1. The van der Waals surface area contributed by atoms with Gasteiger partial charge in [-0.15, -0.1) is 29.5 Å². The Balaban J connectivity index is 1.74. The van der Waals surface area contributed by atoms with Crippen molar-refractivity contribution >= 4 is 51.1 Å². The second-order valence-electron chi connectivity index (χ2n) is 5.10. The van der Waals surface area contributed by atoms with Crippen molar-refractivity contribution in [1.29, 1.82) is 0 Å². The highest BCUT2D eigenvalue weighted by Crippen LogP contribution is 2.25. The van der Waals surface area contributed by atoms with E-state index in [4.69, 9.17) is 18.8 Å². The van der Waals surface area contributed by atoms with Crippen molar-refractivity contribution in [3.63, 3.8) is 0 Å². The largest absolute Gasteiger partial charge is 0.573 e. The molecule has 11 heteroatoms. The van der Waals surface area contributed by atoms with Crippen molar-refractivity contribution in [3.8, 4) is 5.75 Å². The fourth-order valence-electron chi connectivity index (χ4n) is 2.17. The molecule has 0 saturated heterocycles. The number of rotatable bonds is 3. The maximum Gasteiger partial charge on any atom is 0.573 e. The average molecular weight is 409 g/mol. The molecule has 0 spiro atoms. The number of nitrogens with one attached hydrogen (secondary N) is 3. The molecular weight excluding hydrogens is 399 g/mol. The van der Waals surface area contributed by atoms with Gasteiger partial charge in [0, 0.05) is 11.4 Å². The predicted molar refractivity (Wildman–Crippen MR) is 101 cm³/mol. The first-order chi connectivity index (χ1) is 12.8. The third-order valence-electron chi connectivity index (χ3n) is 3.18. The number of halogens is 3. The standard InChI is InChI=1S/C16H10F3N5OS2/c1-20-24-14(21-9-2-5-11(6-3-9)25-16(17,18)19)22-10-4-7-12-13(8-10)27-15(26)23-12/h2-8H,(H,23,26)(H2,21,22,24). The number of anilines is 2. The number of ether oxygens (including phenoxy) is 1. The zero-order chi connectivity index (χ0) is 19.4. The van der Waals surface area contributed by atoms with Gasteiger partial charge in [0.05, 0.1) is 10.2 Å². The van der Waals surface area contributed by atoms with Crippen molar-refractivity contribution in [2.75, 3.05) is 10.6 Å². The van der Waals surface area contributed by atoms with Crippen LogP contribution in [-0.4, -0.2) is 17.3 Å². The van der Waals surface area contributed by atoms with Gasteiger partial charge in [0.2, 0.25) is 0 Å². The van der Waals surface area contributed by atoms with Crippen molar-refractivity contribution < 1.29 is 17.9 Å². The first-order valence-electron chi connectivity index (χ1n) is 7.29. The summed E-state index contributed by atoms with van der Waals surface area (Å²) in [5, 5.41) is 9.42. The molecule has 0 saturated carbocycles. The molecular formula is C16H10F3N5OS2. The van der Waals surface area contributed by atoms with E-state index in [2.05, 4.69) is 30.4 Å². The van der Waals surface area contributed by atoms with Gasteiger partial charge in [-0.2, -0.15) is 6.57 Å². The first-order valence-corrected chi connectivity index (χ1v) is 8.52. The third kappa shape index (κ3) is 5.19. The number of H-pyrrole nitrogens is 1. The minimum atomic E-state index is -4.75. The van der Waals surface area contributed by atoms with Crippen LogP contribution in [0.1, 0.15) is 0 Å². The Hall–Kier alpha value is -3.10. The molecule has 0 amide bonds. The molecule has 0 fully saturated rings. The van der Waals surface area contributed by atoms with E-state index in [1.165, 1.54) is 23.5 Å². The number of thiazole rings is 1. The first kappa shape index (κ1) is 18.7. The van der Waals surface area contributed by atoms with E-state index in [-0.39, 0.29) is 11.7 Å². The molecule has 3 aromatic rings. The molecule has 138 valence electrons. The lowest BCUT2D eigenvalue weighted by Gasteiger charge is -2.11. The summed E-state index contributed by atoms with van der Waals surface area (Å²) in [7, 11) is 0. The van der Waals surface area contributed by atoms with Crippen LogP contribution in [0.3, 0.4) is 0 Å². The summed E-state index contributed by atoms with van der Waals surface area (Å²) in [5.74, 6) is -0.225. The van der Waals surface area contributed by atoms with Crippen molar-refractivity contribution in [2.45, 2.75) is 6.36 Å². The number of benzene rings is 2. The summed E-state index contributed by atoms with van der Waals surface area (Å²) in [6, 6.07) is 10.5. The Morgan fingerprint density at radius 1 is 1.15 bits per heavy atom. The molecule has 0 aliphatic carbocycles. The van der Waals surface area contributed by atoms with Crippen molar-refractivity contribution in [3.05, 3.63) is 57.9 Å². The van der Waals surface area contributed by atoms with Gasteiger partial charge in [0.15, 0.2) is 3.95 Å². The molecule has 3 N–H and O–H groups in total. The highest BCUT2D eigenvalue weighted by molar-refractivity contribution is 7.73. The van der Waals surface area contributed by atoms with E-state index in [1.807, 2.05) is 12.1 Å². The fraction of sp³-hybridized carbons (Fsp3) is 0.0625. The molecule has 2 aromatic carbocycles. The lowest BCUT2D eigenvalue weighted by molar-refractivity contribution is -0.274. The van der Waals surface area contributed by atoms with Gasteiger partial charge in [-0.1, -0.05) is 0 Å². The molecule has 27 heavy (non-hydrogen) atoms. The lowest BCUT2D eigenvalue weighted by atomic mass is 10.3. The molecule has 1 heterocycles. The van der Waals surface area contributed by atoms with Crippen LogP contribution in [0, 0.1) is 10.5 Å². The zero-order valence-electron chi connectivity index (χ0n) is 13.3. The molecule has 0 unspecified atom stereocenters. The van der Waals surface area contributed by atoms with Crippen LogP contribution in [0.5, 0.6) is 5.75 Å². The van der Waals surface area contributed by atoms with Gasteiger partial charge in [-0.3, -0.25) is 0 Å². The Labute approximate surface area is 160 Å². The van der Waals surface area contributed by atoms with Gasteiger partial charge in [0.25, 0.3) is 5.96 Å². The smallest absolute Gasteiger partial charge is 0.406 e. The van der Waals surface area contributed by atoms with Crippen LogP contribution in [-0.2, 0) is 0 Å². The molecule has 0 atom stereocenters. The van der Waals surface area contributed by atoms with E-state index >= 15 is 0 Å². The fourth-order valence-corrected chi connectivity index (χ4v) is 3.32. The SMILES string of the molecule is [C-]#[N+]N=C(Nc1ccc(OC(F)(F)F)cc1)Nc1ccc2[nH]c(=S)sc2c1. The lowest BCUT2D eigenvalue weighted by Crippen LogP contribution is -2.21. The number of alkyl halides is 3. The maximum absolute atomic E-state index is 12.2. The molecule has 6 nitrogen and oxygen atoms in total. The van der Waals surface area contributed by atoms with Gasteiger partial charge in [0.1, 0.15) is 10.9 Å². The summed E-state index contributed by atoms with van der Waals surface area (Å²) in [6.45, 7) is 6.93. The number of aromatic amines is 1. The van der Waals surface area contributed by atoms with Gasteiger partial charge < -0.3 is 20.4 Å². The summed E-state index contributed by atoms with van der Waals surface area (Å²) < 4.78 is 42.0. The summed E-state index contributed by atoms with van der Waals surface area (Å²) in [4.78, 5) is 6.02. The number of guanidine groups is 1. The Morgan fingerprint density at radius 2 is 1.81 bits per heavy atom. The van der Waals surface area contributed by atoms with E-state index < -0.39 is 6.36 Å². The summed E-state index contributed by atoms with van der Waals surface area (Å²) in [6.07, 6.45) is -4.75. The maximum atomic E-state index is 12.2. The van der Waals surface area contributed by atoms with Crippen LogP contribution in [0.2, 0.25) is 0 Å². The monoisotopic (exact) mass is 409 g/mol. The number of nitrogens with zero attached hydrogens (tertiary/aromatic N) is 2. The molecule has 0 aliphatic rings. The highest BCUT2D eigenvalue weighted by atomic mass is 32.1. The minimum Gasteiger partial charge on any atom is -0.406 e. The number of hydrogen-bond acceptors (Lipinski definition) is 4. The van der Waals surface area contributed by atoms with Crippen LogP contribution in [0.15, 0.2) is 47.6 Å². The quantitative estimate of drug-likeness (QED) is 0.174. The molecule has 3 rings (SSSR count). The van der Waals surface area contributed by atoms with Crippen LogP contribution in [0.25, 0.3) is 15.2 Å². The van der Waals surface area contributed by atoms with E-state index in [0.29, 0.717) is 15.3 Å². The van der Waals surface area contributed by atoms with Gasteiger partial charge in [-0.05, 0) is 54.7 Å². The number of aromatic nitrogens is 1. The number of hydrogen-bond donors (Lipinski definition) is 3. The van der Waals surface area contributed by atoms with E-state index in [9.17, 15) is 13.2 Å². The molecule has 1 aromatic heterocycles. The van der Waals surface area contributed by atoms with Crippen LogP contribution in [0.4, 0.5) is 24.5 Å². The topological polar surface area (TPSA) is 65.8 Å². The Kier molecular flexibility index (Phi) is 5.29. The van der Waals surface area contributed by atoms with Crippen molar-refractivity contribution in [1.82, 2.24) is 4.98 Å². The van der Waals surface area contributed by atoms with Gasteiger partial charge in [-0.25, -0.2) is 0 Å². The minimum absolute atomic E-state index is 0.118. The third-order valence-corrected chi connectivity index (χ3v) is 4.38. The van der Waals surface area contributed by atoms with Crippen molar-refractivity contribution in [2.24, 2.45) is 5.10 Å². The van der Waals surface area contributed by atoms with E-state index in [0.717, 1.165) is 22.3 Å². The van der Waals surface area contributed by atoms with Gasteiger partial charge >= 0.3 is 6.36 Å². The molecule has 0 radical (unpaired) electrons. The normalized spacial score (nSPS) is 11.9.